The molecule has 326 valence electrons. The zero-order valence-corrected chi connectivity index (χ0v) is 39.1. The number of hydrogen-bond acceptors (Lipinski definition) is 4. The largest absolute Gasteiger partial charge is 0.468 e. The standard InChI is InChI=1S/C62H54BN3O/c1-39-23-29-45(30-24-39)64(46-31-25-40(2)26-32-46)47-37-55-58-56(38-47)66(53-22-14-18-42-16-10-12-20-49(42)53)59-50-35-43(61(3,4)5)28-34-57(50)67-60(59)63(58)51-36-44(62(6,7)8)27-33-54(51)65(55)52-21-13-17-41-15-9-11-19-48(41)52/h9-38H,1-8H3/i1D3. The van der Waals surface area contributed by atoms with E-state index in [1.807, 2.05) is 12.1 Å². The average Bonchev–Trinajstić information content (AvgIpc) is 3.72. The molecule has 0 amide bonds. The Bertz CT molecular complexity index is 3700. The predicted octanol–water partition coefficient (Wildman–Crippen LogP) is 15.5. The molecule has 0 atom stereocenters. The number of hydrogen-bond donors (Lipinski definition) is 0. The molecular weight excluding hydrogens is 814 g/mol. The highest BCUT2D eigenvalue weighted by Gasteiger charge is 2.48. The first kappa shape index (κ1) is 37.7. The summed E-state index contributed by atoms with van der Waals surface area (Å²) in [5.74, 6) is 0. The van der Waals surface area contributed by atoms with Crippen LogP contribution in [0.2, 0.25) is 0 Å². The van der Waals surface area contributed by atoms with Crippen LogP contribution in [0.15, 0.2) is 186 Å². The Morgan fingerprint density at radius 3 is 1.63 bits per heavy atom. The van der Waals surface area contributed by atoms with Crippen LogP contribution in [0.3, 0.4) is 0 Å². The van der Waals surface area contributed by atoms with Gasteiger partial charge in [-0.15, -0.1) is 0 Å². The van der Waals surface area contributed by atoms with Crippen LogP contribution in [0, 0.1) is 13.8 Å². The van der Waals surface area contributed by atoms with Gasteiger partial charge in [-0.05, 0) is 124 Å². The smallest absolute Gasteiger partial charge is 0.297 e. The van der Waals surface area contributed by atoms with Crippen molar-refractivity contribution in [2.45, 2.75) is 66.1 Å². The molecule has 67 heavy (non-hydrogen) atoms. The summed E-state index contributed by atoms with van der Waals surface area (Å²) >= 11 is 0. The summed E-state index contributed by atoms with van der Waals surface area (Å²) in [6.07, 6.45) is 0. The third kappa shape index (κ3) is 6.58. The van der Waals surface area contributed by atoms with Gasteiger partial charge in [0.25, 0.3) is 6.71 Å². The van der Waals surface area contributed by atoms with Gasteiger partial charge in [0.2, 0.25) is 0 Å². The molecule has 0 fully saturated rings. The van der Waals surface area contributed by atoms with Crippen molar-refractivity contribution in [3.8, 4) is 0 Å². The second-order valence-electron chi connectivity index (χ2n) is 20.5. The second-order valence-corrected chi connectivity index (χ2v) is 20.5. The van der Waals surface area contributed by atoms with Crippen LogP contribution in [0.4, 0.5) is 51.2 Å². The van der Waals surface area contributed by atoms with Crippen LogP contribution in [0.25, 0.3) is 32.5 Å². The van der Waals surface area contributed by atoms with Gasteiger partial charge in [0.15, 0.2) is 0 Å². The minimum atomic E-state index is -2.24. The third-order valence-corrected chi connectivity index (χ3v) is 14.1. The number of anilines is 9. The normalized spacial score (nSPS) is 14.1. The van der Waals surface area contributed by atoms with E-state index in [0.717, 1.165) is 100 Å². The topological polar surface area (TPSA) is 22.9 Å². The number of furan rings is 1. The molecule has 0 aliphatic carbocycles. The number of benzene rings is 9. The molecular formula is C62H54BN3O. The van der Waals surface area contributed by atoms with Crippen molar-refractivity contribution in [2.75, 3.05) is 14.7 Å². The fourth-order valence-corrected chi connectivity index (χ4v) is 10.6. The SMILES string of the molecule is [2H]C([2H])([2H])c1ccc(N(c2ccc(C)cc2)c2cc3c4c(c2)N(c2cccc5ccccc25)c2c(oc5ccc(C(C)(C)C)cc25)B4c2cc(C(C)(C)C)ccc2N3c2cccc3ccccc23)cc1. The summed E-state index contributed by atoms with van der Waals surface area (Å²) < 4.78 is 32.2. The lowest BCUT2D eigenvalue weighted by Crippen LogP contribution is -2.61. The van der Waals surface area contributed by atoms with Gasteiger partial charge in [0.1, 0.15) is 5.58 Å². The highest BCUT2D eigenvalue weighted by molar-refractivity contribution is 7.00. The van der Waals surface area contributed by atoms with E-state index in [1.54, 1.807) is 12.1 Å². The molecule has 0 radical (unpaired) electrons. The zero-order chi connectivity index (χ0) is 48.4. The first-order valence-electron chi connectivity index (χ1n) is 25.0. The van der Waals surface area contributed by atoms with Gasteiger partial charge in [0.05, 0.1) is 28.4 Å². The molecule has 0 spiro atoms. The lowest BCUT2D eigenvalue weighted by Gasteiger charge is -2.44. The molecule has 0 N–H and O–H groups in total. The summed E-state index contributed by atoms with van der Waals surface area (Å²) in [6.45, 7) is 13.3. The van der Waals surface area contributed by atoms with Crippen molar-refractivity contribution in [1.82, 2.24) is 0 Å². The maximum atomic E-state index is 8.27. The van der Waals surface area contributed by atoms with Gasteiger partial charge in [-0.1, -0.05) is 168 Å². The Hall–Kier alpha value is -7.50. The van der Waals surface area contributed by atoms with Crippen molar-refractivity contribution in [3.05, 3.63) is 204 Å². The van der Waals surface area contributed by atoms with Crippen LogP contribution in [-0.2, 0) is 10.8 Å². The lowest BCUT2D eigenvalue weighted by molar-refractivity contribution is 0.590. The van der Waals surface area contributed by atoms with Gasteiger partial charge in [-0.25, -0.2) is 0 Å². The van der Waals surface area contributed by atoms with E-state index in [0.29, 0.717) is 5.56 Å². The fraction of sp³-hybridized carbons (Fsp3) is 0.161. The van der Waals surface area contributed by atoms with E-state index in [1.165, 1.54) is 16.6 Å². The summed E-state index contributed by atoms with van der Waals surface area (Å²) in [5.41, 5.74) is 16.8. The Kier molecular flexibility index (Phi) is 8.45. The molecule has 0 saturated heterocycles. The highest BCUT2D eigenvalue weighted by atomic mass is 16.3. The monoisotopic (exact) mass is 870 g/mol. The minimum Gasteiger partial charge on any atom is -0.468 e. The number of rotatable bonds is 5. The number of fused-ring (bicyclic) bond motifs is 8. The van der Waals surface area contributed by atoms with E-state index in [9.17, 15) is 0 Å². The average molecular weight is 871 g/mol. The van der Waals surface area contributed by atoms with E-state index < -0.39 is 6.85 Å². The zero-order valence-electron chi connectivity index (χ0n) is 42.1. The van der Waals surface area contributed by atoms with Gasteiger partial charge < -0.3 is 19.1 Å². The molecule has 5 heteroatoms. The van der Waals surface area contributed by atoms with Crippen molar-refractivity contribution in [3.63, 3.8) is 0 Å². The molecule has 0 saturated carbocycles. The minimum absolute atomic E-state index is 0.114. The van der Waals surface area contributed by atoms with Crippen LogP contribution in [0.1, 0.15) is 67.9 Å². The van der Waals surface area contributed by atoms with E-state index in [2.05, 4.69) is 221 Å². The van der Waals surface area contributed by atoms with Crippen molar-refractivity contribution in [1.29, 1.82) is 0 Å². The molecule has 9 aromatic carbocycles. The van der Waals surface area contributed by atoms with Crippen molar-refractivity contribution < 1.29 is 8.53 Å². The fourth-order valence-electron chi connectivity index (χ4n) is 10.6. The highest BCUT2D eigenvalue weighted by Crippen LogP contribution is 2.52. The third-order valence-electron chi connectivity index (χ3n) is 14.1. The molecule has 1 aromatic heterocycles. The lowest BCUT2D eigenvalue weighted by atomic mass is 9.35. The quantitative estimate of drug-likeness (QED) is 0.161. The number of nitrogens with zero attached hydrogens (tertiary/aromatic N) is 3. The Morgan fingerprint density at radius 1 is 0.478 bits per heavy atom. The summed E-state index contributed by atoms with van der Waals surface area (Å²) in [7, 11) is 0. The van der Waals surface area contributed by atoms with Gasteiger partial charge in [0, 0.05) is 48.7 Å². The Balaban J connectivity index is 1.26. The molecule has 4 nitrogen and oxygen atoms in total. The second kappa shape index (κ2) is 15.0. The van der Waals surface area contributed by atoms with Crippen LogP contribution >= 0.6 is 0 Å². The van der Waals surface area contributed by atoms with Crippen molar-refractivity contribution in [2.24, 2.45) is 0 Å². The summed E-state index contributed by atoms with van der Waals surface area (Å²) in [4.78, 5) is 7.25. The van der Waals surface area contributed by atoms with E-state index in [-0.39, 0.29) is 17.5 Å². The predicted molar refractivity (Wildman–Crippen MR) is 287 cm³/mol. The van der Waals surface area contributed by atoms with Gasteiger partial charge in [-0.2, -0.15) is 0 Å². The molecule has 0 bridgehead atoms. The van der Waals surface area contributed by atoms with Crippen LogP contribution in [-0.4, -0.2) is 6.71 Å². The van der Waals surface area contributed by atoms with E-state index in [4.69, 9.17) is 8.53 Å². The van der Waals surface area contributed by atoms with Gasteiger partial charge in [-0.3, -0.25) is 0 Å². The van der Waals surface area contributed by atoms with Crippen molar-refractivity contribution >= 4 is 107 Å². The molecule has 10 aromatic rings. The molecule has 0 unspecified atom stereocenters. The first-order chi connectivity index (χ1) is 33.5. The summed E-state index contributed by atoms with van der Waals surface area (Å²) in [5, 5.41) is 5.63. The van der Waals surface area contributed by atoms with E-state index >= 15 is 0 Å². The first-order valence-corrected chi connectivity index (χ1v) is 23.5. The Labute approximate surface area is 399 Å². The molecule has 12 rings (SSSR count). The van der Waals surface area contributed by atoms with Crippen LogP contribution in [0.5, 0.6) is 0 Å². The molecule has 2 aliphatic heterocycles. The number of aryl methyl sites for hydroxylation is 2. The van der Waals surface area contributed by atoms with Crippen LogP contribution < -0.4 is 31.3 Å². The molecule has 3 heterocycles. The Morgan fingerprint density at radius 2 is 1.01 bits per heavy atom. The summed E-state index contributed by atoms with van der Waals surface area (Å²) in [6, 6.07) is 65.0. The molecule has 2 aliphatic rings. The maximum absolute atomic E-state index is 8.27. The maximum Gasteiger partial charge on any atom is 0.297 e. The van der Waals surface area contributed by atoms with Gasteiger partial charge >= 0.3 is 0 Å².